The summed E-state index contributed by atoms with van der Waals surface area (Å²) in [4.78, 5) is 12.5. The zero-order valence-electron chi connectivity index (χ0n) is 15.8. The lowest BCUT2D eigenvalue weighted by Gasteiger charge is -2.12. The van der Waals surface area contributed by atoms with Crippen molar-refractivity contribution in [1.29, 1.82) is 0 Å². The molecule has 6 nitrogen and oxygen atoms in total. The number of hydrogen-bond acceptors (Lipinski definition) is 5. The Hall–Kier alpha value is -2.80. The van der Waals surface area contributed by atoms with E-state index in [1.807, 2.05) is 74.0 Å². The van der Waals surface area contributed by atoms with Crippen LogP contribution in [0.1, 0.15) is 12.5 Å². The fraction of sp³-hybridized carbons (Fsp3) is 0.250. The van der Waals surface area contributed by atoms with Gasteiger partial charge < -0.3 is 14.6 Å². The fourth-order valence-corrected chi connectivity index (χ4v) is 3.32. The van der Waals surface area contributed by atoms with Crippen LogP contribution in [0.15, 0.2) is 53.7 Å². The molecule has 3 rings (SSSR count). The van der Waals surface area contributed by atoms with Crippen molar-refractivity contribution >= 4 is 23.4 Å². The van der Waals surface area contributed by atoms with Crippen LogP contribution < -0.4 is 10.1 Å². The van der Waals surface area contributed by atoms with E-state index < -0.39 is 0 Å². The number of ether oxygens (including phenoxy) is 1. The number of nitrogens with zero attached hydrogens (tertiary/aromatic N) is 3. The highest BCUT2D eigenvalue weighted by Crippen LogP contribution is 2.27. The van der Waals surface area contributed by atoms with Gasteiger partial charge in [-0.15, -0.1) is 10.2 Å². The topological polar surface area (TPSA) is 69.0 Å². The Balaban J connectivity index is 1.68. The smallest absolute Gasteiger partial charge is 0.237 e. The first-order chi connectivity index (χ1) is 13.0. The van der Waals surface area contributed by atoms with E-state index >= 15 is 0 Å². The van der Waals surface area contributed by atoms with Gasteiger partial charge in [-0.05, 0) is 50.2 Å². The second-order valence-electron chi connectivity index (χ2n) is 6.21. The summed E-state index contributed by atoms with van der Waals surface area (Å²) < 4.78 is 7.07. The van der Waals surface area contributed by atoms with Gasteiger partial charge in [0.2, 0.25) is 5.91 Å². The number of rotatable bonds is 6. The van der Waals surface area contributed by atoms with Gasteiger partial charge in [0, 0.05) is 18.3 Å². The Bertz CT molecular complexity index is 920. The normalized spacial score (nSPS) is 11.9. The maximum Gasteiger partial charge on any atom is 0.237 e. The molecule has 1 atom stereocenters. The predicted molar refractivity (Wildman–Crippen MR) is 108 cm³/mol. The van der Waals surface area contributed by atoms with Crippen molar-refractivity contribution in [2.24, 2.45) is 7.05 Å². The van der Waals surface area contributed by atoms with E-state index in [1.54, 1.807) is 7.11 Å². The second-order valence-corrected chi connectivity index (χ2v) is 7.52. The summed E-state index contributed by atoms with van der Waals surface area (Å²) in [7, 11) is 3.53. The summed E-state index contributed by atoms with van der Waals surface area (Å²) in [5.41, 5.74) is 2.88. The molecular formula is C20H22N4O2S. The number of benzene rings is 2. The lowest BCUT2D eigenvalue weighted by Crippen LogP contribution is -2.22. The molecule has 7 heteroatoms. The van der Waals surface area contributed by atoms with Crippen LogP contribution in [0, 0.1) is 6.92 Å². The third-order valence-electron chi connectivity index (χ3n) is 4.15. The van der Waals surface area contributed by atoms with E-state index in [9.17, 15) is 4.79 Å². The van der Waals surface area contributed by atoms with E-state index in [2.05, 4.69) is 15.5 Å². The van der Waals surface area contributed by atoms with Crippen molar-refractivity contribution in [3.63, 3.8) is 0 Å². The number of hydrogen-bond donors (Lipinski definition) is 1. The van der Waals surface area contributed by atoms with Crippen LogP contribution >= 0.6 is 11.8 Å². The monoisotopic (exact) mass is 382 g/mol. The molecule has 1 aromatic heterocycles. The maximum atomic E-state index is 12.5. The molecule has 1 amide bonds. The standard InChI is InChI=1S/C20H22N4O2S/c1-13-5-9-16(10-6-13)21-19(25)14(2)27-20-23-22-18(24(20)3)15-7-11-17(26-4)12-8-15/h5-12,14H,1-4H3,(H,21,25). The lowest BCUT2D eigenvalue weighted by atomic mass is 10.2. The quantitative estimate of drug-likeness (QED) is 0.655. The minimum Gasteiger partial charge on any atom is -0.497 e. The fourth-order valence-electron chi connectivity index (χ4n) is 2.50. The zero-order valence-corrected chi connectivity index (χ0v) is 16.6. The average Bonchev–Trinajstić information content (AvgIpc) is 3.04. The minimum absolute atomic E-state index is 0.0714. The highest BCUT2D eigenvalue weighted by molar-refractivity contribution is 8.00. The lowest BCUT2D eigenvalue weighted by molar-refractivity contribution is -0.115. The molecule has 0 fully saturated rings. The highest BCUT2D eigenvalue weighted by atomic mass is 32.2. The third kappa shape index (κ3) is 4.49. The number of carbonyl (C=O) groups is 1. The van der Waals surface area contributed by atoms with Gasteiger partial charge in [-0.2, -0.15) is 0 Å². The van der Waals surface area contributed by atoms with Crippen LogP contribution in [-0.2, 0) is 11.8 Å². The van der Waals surface area contributed by atoms with Crippen LogP contribution in [0.3, 0.4) is 0 Å². The first-order valence-electron chi connectivity index (χ1n) is 8.56. The van der Waals surface area contributed by atoms with E-state index in [-0.39, 0.29) is 11.2 Å². The molecule has 1 heterocycles. The highest BCUT2D eigenvalue weighted by Gasteiger charge is 2.19. The first-order valence-corrected chi connectivity index (χ1v) is 9.44. The predicted octanol–water partition coefficient (Wildman–Crippen LogP) is 3.92. The molecule has 140 valence electrons. The summed E-state index contributed by atoms with van der Waals surface area (Å²) in [5.74, 6) is 1.46. The van der Waals surface area contributed by atoms with Gasteiger partial charge in [0.25, 0.3) is 0 Å². The molecular weight excluding hydrogens is 360 g/mol. The SMILES string of the molecule is COc1ccc(-c2nnc(SC(C)C(=O)Nc3ccc(C)cc3)n2C)cc1. The van der Waals surface area contributed by atoms with Crippen molar-refractivity contribution in [2.75, 3.05) is 12.4 Å². The van der Waals surface area contributed by atoms with Crippen LogP contribution in [0.4, 0.5) is 5.69 Å². The number of aromatic nitrogens is 3. The summed E-state index contributed by atoms with van der Waals surface area (Å²) in [6, 6.07) is 15.4. The minimum atomic E-state index is -0.307. The zero-order chi connectivity index (χ0) is 19.4. The Morgan fingerprint density at radius 1 is 1.11 bits per heavy atom. The van der Waals surface area contributed by atoms with Crippen molar-refractivity contribution in [2.45, 2.75) is 24.3 Å². The number of aryl methyl sites for hydroxylation is 1. The van der Waals surface area contributed by atoms with E-state index in [0.717, 1.165) is 28.4 Å². The van der Waals surface area contributed by atoms with Gasteiger partial charge in [-0.1, -0.05) is 29.5 Å². The maximum absolute atomic E-state index is 12.5. The van der Waals surface area contributed by atoms with Gasteiger partial charge in [0.15, 0.2) is 11.0 Å². The third-order valence-corrected chi connectivity index (χ3v) is 5.29. The van der Waals surface area contributed by atoms with E-state index in [1.165, 1.54) is 11.8 Å². The summed E-state index contributed by atoms with van der Waals surface area (Å²) in [6.45, 7) is 3.87. The molecule has 3 aromatic rings. The van der Waals surface area contributed by atoms with Gasteiger partial charge >= 0.3 is 0 Å². The molecule has 0 saturated carbocycles. The number of anilines is 1. The Labute approximate surface area is 163 Å². The van der Waals surface area contributed by atoms with Crippen molar-refractivity contribution in [3.8, 4) is 17.1 Å². The molecule has 0 radical (unpaired) electrons. The van der Waals surface area contributed by atoms with Gasteiger partial charge in [-0.3, -0.25) is 4.79 Å². The molecule has 1 unspecified atom stereocenters. The molecule has 0 spiro atoms. The van der Waals surface area contributed by atoms with Gasteiger partial charge in [-0.25, -0.2) is 0 Å². The largest absolute Gasteiger partial charge is 0.497 e. The molecule has 0 aliphatic heterocycles. The summed E-state index contributed by atoms with van der Waals surface area (Å²) >= 11 is 1.38. The van der Waals surface area contributed by atoms with Crippen LogP contribution in [0.5, 0.6) is 5.75 Å². The van der Waals surface area contributed by atoms with Gasteiger partial charge in [0.1, 0.15) is 5.75 Å². The van der Waals surface area contributed by atoms with Gasteiger partial charge in [0.05, 0.1) is 12.4 Å². The molecule has 1 N–H and O–H groups in total. The molecule has 2 aromatic carbocycles. The molecule has 27 heavy (non-hydrogen) atoms. The number of methoxy groups -OCH3 is 1. The first kappa shape index (κ1) is 19.0. The number of nitrogens with one attached hydrogen (secondary N) is 1. The Kier molecular flexibility index (Phi) is 5.81. The number of thioether (sulfide) groups is 1. The van der Waals surface area contributed by atoms with Crippen molar-refractivity contribution in [1.82, 2.24) is 14.8 Å². The second kappa shape index (κ2) is 8.26. The molecule has 0 aliphatic rings. The summed E-state index contributed by atoms with van der Waals surface area (Å²) in [6.07, 6.45) is 0. The number of amides is 1. The Morgan fingerprint density at radius 2 is 1.78 bits per heavy atom. The molecule has 0 aliphatic carbocycles. The van der Waals surface area contributed by atoms with E-state index in [0.29, 0.717) is 5.16 Å². The van der Waals surface area contributed by atoms with Crippen LogP contribution in [0.25, 0.3) is 11.4 Å². The summed E-state index contributed by atoms with van der Waals surface area (Å²) in [5, 5.41) is 11.8. The number of carbonyl (C=O) groups excluding carboxylic acids is 1. The molecule has 0 saturated heterocycles. The van der Waals surface area contributed by atoms with Crippen LogP contribution in [-0.4, -0.2) is 33.0 Å². The van der Waals surface area contributed by atoms with Crippen molar-refractivity contribution < 1.29 is 9.53 Å². The average molecular weight is 382 g/mol. The van der Waals surface area contributed by atoms with Crippen molar-refractivity contribution in [3.05, 3.63) is 54.1 Å². The van der Waals surface area contributed by atoms with Crippen LogP contribution in [0.2, 0.25) is 0 Å². The Morgan fingerprint density at radius 3 is 2.41 bits per heavy atom. The molecule has 0 bridgehead atoms. The van der Waals surface area contributed by atoms with E-state index in [4.69, 9.17) is 4.74 Å².